The normalized spacial score (nSPS) is 10.2. The zero-order chi connectivity index (χ0) is 16.9. The maximum absolute atomic E-state index is 11.9. The Labute approximate surface area is 140 Å². The van der Waals surface area contributed by atoms with Crippen molar-refractivity contribution in [2.24, 2.45) is 0 Å². The highest BCUT2D eigenvalue weighted by atomic mass is 32.1. The smallest absolute Gasteiger partial charge is 0.271 e. The number of hydrazine groups is 1. The number of nitrogens with zero attached hydrogens (tertiary/aromatic N) is 3. The van der Waals surface area contributed by atoms with Crippen molar-refractivity contribution in [2.45, 2.75) is 0 Å². The van der Waals surface area contributed by atoms with Gasteiger partial charge in [-0.3, -0.25) is 30.7 Å². The van der Waals surface area contributed by atoms with Crippen molar-refractivity contribution in [2.75, 3.05) is 5.43 Å². The highest BCUT2D eigenvalue weighted by Gasteiger charge is 2.09. The zero-order valence-corrected chi connectivity index (χ0v) is 13.0. The van der Waals surface area contributed by atoms with Crippen LogP contribution in [0.3, 0.4) is 0 Å². The van der Waals surface area contributed by atoms with Crippen molar-refractivity contribution < 1.29 is 9.72 Å². The molecule has 120 valence electrons. The van der Waals surface area contributed by atoms with Crippen molar-refractivity contribution >= 4 is 28.1 Å². The molecule has 1 amide bonds. The fourth-order valence-corrected chi connectivity index (χ4v) is 2.57. The predicted octanol–water partition coefficient (Wildman–Crippen LogP) is 2.87. The molecule has 2 aromatic heterocycles. The lowest BCUT2D eigenvalue weighted by Crippen LogP contribution is -2.29. The fraction of sp³-hybridized carbons (Fsp3) is 0. The minimum Gasteiger partial charge on any atom is -0.273 e. The number of thiazole rings is 1. The number of rotatable bonds is 5. The van der Waals surface area contributed by atoms with E-state index in [2.05, 4.69) is 20.8 Å². The van der Waals surface area contributed by atoms with Gasteiger partial charge >= 0.3 is 0 Å². The summed E-state index contributed by atoms with van der Waals surface area (Å²) < 4.78 is 0. The van der Waals surface area contributed by atoms with Crippen molar-refractivity contribution in [3.05, 3.63) is 69.8 Å². The SMILES string of the molecule is O=C(NNc1nc(-c2ccc([N+](=O)[O-])cc2)cs1)c1cccnc1. The Morgan fingerprint density at radius 1 is 1.21 bits per heavy atom. The van der Waals surface area contributed by atoms with E-state index in [-0.39, 0.29) is 11.6 Å². The van der Waals surface area contributed by atoms with Gasteiger partial charge in [-0.05, 0) is 24.3 Å². The molecule has 0 bridgehead atoms. The Morgan fingerprint density at radius 2 is 2.00 bits per heavy atom. The number of benzene rings is 1. The summed E-state index contributed by atoms with van der Waals surface area (Å²) in [6.45, 7) is 0. The van der Waals surface area contributed by atoms with Gasteiger partial charge in [-0.1, -0.05) is 0 Å². The molecule has 9 heteroatoms. The zero-order valence-electron chi connectivity index (χ0n) is 12.2. The van der Waals surface area contributed by atoms with Crippen molar-refractivity contribution in [3.8, 4) is 11.3 Å². The van der Waals surface area contributed by atoms with Crippen LogP contribution in [0, 0.1) is 10.1 Å². The average molecular weight is 341 g/mol. The minimum atomic E-state index is -0.453. The van der Waals surface area contributed by atoms with E-state index in [0.29, 0.717) is 16.4 Å². The van der Waals surface area contributed by atoms with Gasteiger partial charge in [0, 0.05) is 35.5 Å². The number of aromatic nitrogens is 2. The summed E-state index contributed by atoms with van der Waals surface area (Å²) >= 11 is 1.31. The van der Waals surface area contributed by atoms with Crippen LogP contribution in [0.4, 0.5) is 10.8 Å². The monoisotopic (exact) mass is 341 g/mol. The number of pyridine rings is 1. The molecule has 0 aliphatic carbocycles. The van der Waals surface area contributed by atoms with E-state index < -0.39 is 4.92 Å². The summed E-state index contributed by atoms with van der Waals surface area (Å²) in [5.41, 5.74) is 7.13. The molecule has 2 heterocycles. The molecule has 0 spiro atoms. The molecule has 3 rings (SSSR count). The van der Waals surface area contributed by atoms with Crippen LogP contribution in [0.2, 0.25) is 0 Å². The molecule has 0 unspecified atom stereocenters. The van der Waals surface area contributed by atoms with Gasteiger partial charge in [-0.15, -0.1) is 11.3 Å². The number of non-ortho nitro benzene ring substituents is 1. The van der Waals surface area contributed by atoms with Crippen LogP contribution in [0.25, 0.3) is 11.3 Å². The summed E-state index contributed by atoms with van der Waals surface area (Å²) in [6, 6.07) is 9.42. The second kappa shape index (κ2) is 6.84. The molecule has 24 heavy (non-hydrogen) atoms. The van der Waals surface area contributed by atoms with E-state index >= 15 is 0 Å². The molecular weight excluding hydrogens is 330 g/mol. The molecule has 0 atom stereocenters. The first-order valence-electron chi connectivity index (χ1n) is 6.80. The highest BCUT2D eigenvalue weighted by molar-refractivity contribution is 7.14. The number of hydrogen-bond acceptors (Lipinski definition) is 7. The van der Waals surface area contributed by atoms with Gasteiger partial charge in [0.2, 0.25) is 5.13 Å². The van der Waals surface area contributed by atoms with Gasteiger partial charge in [-0.25, -0.2) is 4.98 Å². The van der Waals surface area contributed by atoms with Crippen LogP contribution in [0.5, 0.6) is 0 Å². The van der Waals surface area contributed by atoms with E-state index in [0.717, 1.165) is 5.56 Å². The third-order valence-corrected chi connectivity index (χ3v) is 3.84. The topological polar surface area (TPSA) is 110 Å². The van der Waals surface area contributed by atoms with Crippen molar-refractivity contribution in [3.63, 3.8) is 0 Å². The molecule has 0 aliphatic rings. The maximum Gasteiger partial charge on any atom is 0.271 e. The fourth-order valence-electron chi connectivity index (χ4n) is 1.90. The third kappa shape index (κ3) is 3.52. The first kappa shape index (κ1) is 15.6. The number of nitro benzene ring substituents is 1. The summed E-state index contributed by atoms with van der Waals surface area (Å²) in [7, 11) is 0. The third-order valence-electron chi connectivity index (χ3n) is 3.08. The first-order chi connectivity index (χ1) is 11.6. The van der Waals surface area contributed by atoms with Gasteiger partial charge in [0.15, 0.2) is 0 Å². The quantitative estimate of drug-likeness (QED) is 0.545. The largest absolute Gasteiger partial charge is 0.273 e. The number of carbonyl (C=O) groups excluding carboxylic acids is 1. The Morgan fingerprint density at radius 3 is 2.67 bits per heavy atom. The summed E-state index contributed by atoms with van der Waals surface area (Å²) in [4.78, 5) is 30.3. The second-order valence-corrected chi connectivity index (χ2v) is 5.52. The Kier molecular flexibility index (Phi) is 4.43. The summed E-state index contributed by atoms with van der Waals surface area (Å²) in [5.74, 6) is -0.324. The Hall–Kier alpha value is -3.33. The molecule has 0 fully saturated rings. The van der Waals surface area contributed by atoms with E-state index in [1.165, 1.54) is 29.7 Å². The molecule has 8 nitrogen and oxygen atoms in total. The highest BCUT2D eigenvalue weighted by Crippen LogP contribution is 2.26. The molecule has 0 saturated carbocycles. The molecule has 2 N–H and O–H groups in total. The first-order valence-corrected chi connectivity index (χ1v) is 7.68. The van der Waals surface area contributed by atoms with Crippen molar-refractivity contribution in [1.82, 2.24) is 15.4 Å². The number of anilines is 1. The van der Waals surface area contributed by atoms with E-state index in [1.807, 2.05) is 0 Å². The van der Waals surface area contributed by atoms with E-state index in [1.54, 1.807) is 35.8 Å². The molecule has 3 aromatic rings. The molecular formula is C15H11N5O3S. The van der Waals surface area contributed by atoms with Crippen molar-refractivity contribution in [1.29, 1.82) is 0 Å². The van der Waals surface area contributed by atoms with Gasteiger partial charge in [0.05, 0.1) is 16.2 Å². The lowest BCUT2D eigenvalue weighted by molar-refractivity contribution is -0.384. The molecule has 0 aliphatic heterocycles. The van der Waals surface area contributed by atoms with Crippen LogP contribution in [0.15, 0.2) is 54.2 Å². The van der Waals surface area contributed by atoms with Crippen LogP contribution < -0.4 is 10.9 Å². The number of carbonyl (C=O) groups is 1. The van der Waals surface area contributed by atoms with Crippen LogP contribution in [-0.4, -0.2) is 20.8 Å². The number of hydrogen-bond donors (Lipinski definition) is 2. The van der Waals surface area contributed by atoms with E-state index in [9.17, 15) is 14.9 Å². The average Bonchev–Trinajstić information content (AvgIpc) is 3.09. The Balaban J connectivity index is 1.65. The molecule has 1 aromatic carbocycles. The number of amides is 1. The van der Waals surface area contributed by atoms with Gasteiger partial charge in [0.25, 0.3) is 11.6 Å². The summed E-state index contributed by atoms with van der Waals surface area (Å²) in [5, 5.41) is 12.9. The van der Waals surface area contributed by atoms with E-state index in [4.69, 9.17) is 0 Å². The Bertz CT molecular complexity index is 864. The maximum atomic E-state index is 11.9. The van der Waals surface area contributed by atoms with Gasteiger partial charge in [-0.2, -0.15) is 0 Å². The number of nitro groups is 1. The summed E-state index contributed by atoms with van der Waals surface area (Å²) in [6.07, 6.45) is 3.04. The lowest BCUT2D eigenvalue weighted by atomic mass is 10.1. The molecule has 0 saturated heterocycles. The van der Waals surface area contributed by atoms with Crippen LogP contribution in [0.1, 0.15) is 10.4 Å². The standard InChI is InChI=1S/C15H11N5O3S/c21-14(11-2-1-7-16-8-11)18-19-15-17-13(9-24-15)10-3-5-12(6-4-10)20(22)23/h1-9H,(H,17,19)(H,18,21). The minimum absolute atomic E-state index is 0.0241. The predicted molar refractivity (Wildman–Crippen MR) is 89.5 cm³/mol. The molecule has 0 radical (unpaired) electrons. The lowest BCUT2D eigenvalue weighted by Gasteiger charge is -2.04. The van der Waals surface area contributed by atoms with Crippen LogP contribution >= 0.6 is 11.3 Å². The van der Waals surface area contributed by atoms with Crippen LogP contribution in [-0.2, 0) is 0 Å². The number of nitrogens with one attached hydrogen (secondary N) is 2. The van der Waals surface area contributed by atoms with Gasteiger partial charge in [0.1, 0.15) is 0 Å². The van der Waals surface area contributed by atoms with Gasteiger partial charge < -0.3 is 0 Å². The second-order valence-electron chi connectivity index (χ2n) is 4.66.